The van der Waals surface area contributed by atoms with Crippen molar-refractivity contribution in [2.24, 2.45) is 0 Å². The van der Waals surface area contributed by atoms with E-state index in [4.69, 9.17) is 0 Å². The lowest BCUT2D eigenvalue weighted by atomic mass is 10.3. The van der Waals surface area contributed by atoms with Crippen molar-refractivity contribution in [3.8, 4) is 0 Å². The van der Waals surface area contributed by atoms with Gasteiger partial charge in [-0.1, -0.05) is 17.8 Å². The Labute approximate surface area is 104 Å². The summed E-state index contributed by atoms with van der Waals surface area (Å²) < 4.78 is 1.79. The summed E-state index contributed by atoms with van der Waals surface area (Å²) in [6, 6.07) is 3.77. The van der Waals surface area contributed by atoms with Crippen LogP contribution in [0, 0.1) is 0 Å². The molecule has 0 atom stereocenters. The minimum atomic E-state index is 0.162. The zero-order valence-electron chi connectivity index (χ0n) is 9.54. The van der Waals surface area contributed by atoms with Crippen LogP contribution in [0.5, 0.6) is 0 Å². The zero-order chi connectivity index (χ0) is 12.1. The number of hydrogen-bond acceptors (Lipinski definition) is 4. The van der Waals surface area contributed by atoms with E-state index in [1.54, 1.807) is 23.8 Å². The van der Waals surface area contributed by atoms with E-state index < -0.39 is 0 Å². The molecule has 0 spiro atoms. The van der Waals surface area contributed by atoms with Crippen molar-refractivity contribution in [3.05, 3.63) is 36.3 Å². The molecule has 0 N–H and O–H groups in total. The van der Waals surface area contributed by atoms with Gasteiger partial charge in [0.15, 0.2) is 10.8 Å². The number of thioether (sulfide) groups is 1. The molecule has 0 amide bonds. The largest absolute Gasteiger partial charge is 0.288 e. The first-order chi connectivity index (χ1) is 8.27. The van der Waals surface area contributed by atoms with Crippen molar-refractivity contribution in [1.29, 1.82) is 0 Å². The number of hydrogen-bond donors (Lipinski definition) is 0. The number of nitrogens with zero attached hydrogens (tertiary/aromatic N) is 3. The molecule has 0 bridgehead atoms. The van der Waals surface area contributed by atoms with Crippen molar-refractivity contribution >= 4 is 28.6 Å². The predicted molar refractivity (Wildman–Crippen MR) is 69.8 cm³/mol. The first-order valence-electron chi connectivity index (χ1n) is 5.36. The first-order valence-corrected chi connectivity index (χ1v) is 6.34. The molecule has 2 aromatic rings. The maximum absolute atomic E-state index is 10.7. The normalized spacial score (nSPS) is 11.4. The Bertz CT molecular complexity index is 547. The monoisotopic (exact) mass is 247 g/mol. The fraction of sp³-hybridized carbons (Fsp3) is 0.250. The molecule has 0 aliphatic rings. The molecule has 17 heavy (non-hydrogen) atoms. The van der Waals surface area contributed by atoms with Crippen LogP contribution in [0.15, 0.2) is 30.6 Å². The van der Waals surface area contributed by atoms with Crippen LogP contribution in [0.3, 0.4) is 0 Å². The summed E-state index contributed by atoms with van der Waals surface area (Å²) in [5, 5.41) is 4.37. The highest BCUT2D eigenvalue weighted by atomic mass is 32.2. The lowest BCUT2D eigenvalue weighted by Gasteiger charge is -1.94. The van der Waals surface area contributed by atoms with Crippen LogP contribution >= 0.6 is 11.8 Å². The van der Waals surface area contributed by atoms with Gasteiger partial charge in [-0.15, -0.1) is 0 Å². The quantitative estimate of drug-likeness (QED) is 0.778. The van der Waals surface area contributed by atoms with E-state index in [1.807, 2.05) is 24.3 Å². The molecule has 0 unspecified atom stereocenters. The highest BCUT2D eigenvalue weighted by molar-refractivity contribution is 8.13. The lowest BCUT2D eigenvalue weighted by Crippen LogP contribution is -1.91. The Morgan fingerprint density at radius 1 is 1.59 bits per heavy atom. The van der Waals surface area contributed by atoms with Gasteiger partial charge >= 0.3 is 0 Å². The Morgan fingerprint density at radius 3 is 3.29 bits per heavy atom. The van der Waals surface area contributed by atoms with Crippen LogP contribution in [0.2, 0.25) is 0 Å². The number of fused-ring (bicyclic) bond motifs is 1. The molecule has 2 heterocycles. The van der Waals surface area contributed by atoms with Crippen molar-refractivity contribution < 1.29 is 4.79 Å². The third-order valence-electron chi connectivity index (χ3n) is 2.18. The molecule has 88 valence electrons. The summed E-state index contributed by atoms with van der Waals surface area (Å²) in [5.74, 6) is 0.815. The van der Waals surface area contributed by atoms with E-state index in [0.717, 1.165) is 23.5 Å². The van der Waals surface area contributed by atoms with Crippen LogP contribution in [0.25, 0.3) is 11.7 Å². The number of carbonyl (C=O) groups excluding carboxylic acids is 1. The van der Waals surface area contributed by atoms with Gasteiger partial charge in [0, 0.05) is 18.9 Å². The van der Waals surface area contributed by atoms with E-state index in [1.165, 1.54) is 11.8 Å². The van der Waals surface area contributed by atoms with Gasteiger partial charge in [-0.25, -0.2) is 9.50 Å². The Morgan fingerprint density at radius 2 is 2.47 bits per heavy atom. The van der Waals surface area contributed by atoms with Gasteiger partial charge in [-0.05, 0) is 24.6 Å². The Hall–Kier alpha value is -1.62. The SMILES string of the molecule is CC(=O)SCCC=Cc1cnc2cccnn12. The fourth-order valence-electron chi connectivity index (χ4n) is 1.44. The minimum absolute atomic E-state index is 0.162. The molecule has 0 aromatic carbocycles. The van der Waals surface area contributed by atoms with E-state index in [-0.39, 0.29) is 5.12 Å². The molecule has 2 rings (SSSR count). The zero-order valence-corrected chi connectivity index (χ0v) is 10.4. The molecule has 4 nitrogen and oxygen atoms in total. The fourth-order valence-corrected chi connectivity index (χ4v) is 1.98. The summed E-state index contributed by atoms with van der Waals surface area (Å²) in [4.78, 5) is 15.0. The average Bonchev–Trinajstić information content (AvgIpc) is 2.72. The van der Waals surface area contributed by atoms with Gasteiger partial charge in [0.1, 0.15) is 0 Å². The second-order valence-corrected chi connectivity index (χ2v) is 4.78. The van der Waals surface area contributed by atoms with Crippen LogP contribution in [0.1, 0.15) is 19.0 Å². The smallest absolute Gasteiger partial charge is 0.185 e. The summed E-state index contributed by atoms with van der Waals surface area (Å²) in [6.45, 7) is 1.59. The van der Waals surface area contributed by atoms with Crippen LogP contribution < -0.4 is 0 Å². The molecule has 0 saturated carbocycles. The first kappa shape index (κ1) is 11.9. The average molecular weight is 247 g/mol. The standard InChI is InChI=1S/C12H13N3OS/c1-10(16)17-8-3-2-5-11-9-13-12-6-4-7-14-15(11)12/h2,4-7,9H,3,8H2,1H3. The highest BCUT2D eigenvalue weighted by Crippen LogP contribution is 2.08. The second kappa shape index (κ2) is 5.63. The third kappa shape index (κ3) is 3.17. The summed E-state index contributed by atoms with van der Waals surface area (Å²) in [5.41, 5.74) is 1.79. The summed E-state index contributed by atoms with van der Waals surface area (Å²) in [7, 11) is 0. The van der Waals surface area contributed by atoms with Gasteiger partial charge in [0.05, 0.1) is 11.9 Å². The van der Waals surface area contributed by atoms with E-state index in [9.17, 15) is 4.79 Å². The lowest BCUT2D eigenvalue weighted by molar-refractivity contribution is -0.109. The molecule has 0 aliphatic carbocycles. The van der Waals surface area contributed by atoms with Crippen molar-refractivity contribution in [3.63, 3.8) is 0 Å². The van der Waals surface area contributed by atoms with Crippen LogP contribution in [-0.4, -0.2) is 25.5 Å². The summed E-state index contributed by atoms with van der Waals surface area (Å²) >= 11 is 1.34. The molecule has 0 aliphatic heterocycles. The maximum Gasteiger partial charge on any atom is 0.185 e. The molecular weight excluding hydrogens is 234 g/mol. The van der Waals surface area contributed by atoms with Crippen molar-refractivity contribution in [2.75, 3.05) is 5.75 Å². The van der Waals surface area contributed by atoms with Gasteiger partial charge in [0.25, 0.3) is 0 Å². The van der Waals surface area contributed by atoms with Crippen LogP contribution in [-0.2, 0) is 4.79 Å². The number of allylic oxidation sites excluding steroid dienone is 1. The number of imidazole rings is 1. The van der Waals surface area contributed by atoms with E-state index in [2.05, 4.69) is 10.1 Å². The van der Waals surface area contributed by atoms with E-state index in [0.29, 0.717) is 0 Å². The molecule has 0 radical (unpaired) electrons. The molecule has 5 heteroatoms. The molecular formula is C12H13N3OS. The topological polar surface area (TPSA) is 47.3 Å². The minimum Gasteiger partial charge on any atom is -0.288 e. The second-order valence-electron chi connectivity index (χ2n) is 3.51. The molecule has 0 fully saturated rings. The maximum atomic E-state index is 10.7. The van der Waals surface area contributed by atoms with Gasteiger partial charge in [-0.2, -0.15) is 5.10 Å². The number of carbonyl (C=O) groups is 1. The Balaban J connectivity index is 1.98. The highest BCUT2D eigenvalue weighted by Gasteiger charge is 1.98. The number of rotatable bonds is 4. The number of aromatic nitrogens is 3. The third-order valence-corrected chi connectivity index (χ3v) is 3.03. The summed E-state index contributed by atoms with van der Waals surface area (Å²) in [6.07, 6.45) is 8.40. The Kier molecular flexibility index (Phi) is 3.93. The van der Waals surface area contributed by atoms with E-state index >= 15 is 0 Å². The molecule has 0 saturated heterocycles. The van der Waals surface area contributed by atoms with Gasteiger partial charge < -0.3 is 0 Å². The van der Waals surface area contributed by atoms with Gasteiger partial charge in [-0.3, -0.25) is 4.79 Å². The van der Waals surface area contributed by atoms with Crippen LogP contribution in [0.4, 0.5) is 0 Å². The van der Waals surface area contributed by atoms with Crippen molar-refractivity contribution in [2.45, 2.75) is 13.3 Å². The van der Waals surface area contributed by atoms with Gasteiger partial charge in [0.2, 0.25) is 0 Å². The van der Waals surface area contributed by atoms with Crippen molar-refractivity contribution in [1.82, 2.24) is 14.6 Å². The molecule has 2 aromatic heterocycles. The predicted octanol–water partition coefficient (Wildman–Crippen LogP) is 2.41.